The van der Waals surface area contributed by atoms with Gasteiger partial charge in [-0.25, -0.2) is 0 Å². The highest BCUT2D eigenvalue weighted by Crippen LogP contribution is 2.05. The number of allylic oxidation sites excluding steroid dienone is 1. The number of rotatable bonds is 6. The van der Waals surface area contributed by atoms with E-state index < -0.39 is 0 Å². The third kappa shape index (κ3) is 5.27. The van der Waals surface area contributed by atoms with Gasteiger partial charge in [-0.15, -0.1) is 0 Å². The fourth-order valence-corrected chi connectivity index (χ4v) is 3.24. The van der Waals surface area contributed by atoms with Crippen molar-refractivity contribution >= 4 is 9.68 Å². The van der Waals surface area contributed by atoms with Crippen molar-refractivity contribution in [3.63, 3.8) is 0 Å². The predicted octanol–water partition coefficient (Wildman–Crippen LogP) is 2.50. The van der Waals surface area contributed by atoms with E-state index in [0.717, 1.165) is 6.04 Å². The Balaban J connectivity index is 4.01. The molecule has 0 aromatic carbocycles. The molecular weight excluding hydrogens is 174 g/mol. The first-order chi connectivity index (χ1) is 6.15. The summed E-state index contributed by atoms with van der Waals surface area (Å²) in [6, 6.07) is 0.725. The number of hydrogen-bond donors (Lipinski definition) is 0. The smallest absolute Gasteiger partial charge is 0.119 e. The van der Waals surface area contributed by atoms with Gasteiger partial charge in [0.25, 0.3) is 0 Å². The first kappa shape index (κ1) is 12.9. The molecule has 78 valence electrons. The van der Waals surface area contributed by atoms with Crippen LogP contribution in [-0.2, 0) is 0 Å². The first-order valence-electron chi connectivity index (χ1n) is 5.57. The maximum atomic E-state index is 2.62. The van der Waals surface area contributed by atoms with Crippen molar-refractivity contribution in [1.29, 1.82) is 0 Å². The first-order valence-corrected chi connectivity index (χ1v) is 7.02. The summed E-state index contributed by atoms with van der Waals surface area (Å²) < 4.78 is 2.62. The second-order valence-electron chi connectivity index (χ2n) is 3.75. The Morgan fingerprint density at radius 3 is 2.08 bits per heavy atom. The highest BCUT2D eigenvalue weighted by Gasteiger charge is 2.04. The lowest BCUT2D eigenvalue weighted by Gasteiger charge is -2.23. The molecule has 0 amide bonds. The third-order valence-electron chi connectivity index (χ3n) is 2.66. The van der Waals surface area contributed by atoms with Gasteiger partial charge in [0.15, 0.2) is 0 Å². The quantitative estimate of drug-likeness (QED) is 0.594. The minimum Gasteiger partial charge on any atom is -0.323 e. The van der Waals surface area contributed by atoms with Gasteiger partial charge in [0, 0.05) is 0 Å². The summed E-state index contributed by atoms with van der Waals surface area (Å²) in [5.41, 5.74) is 4.18. The molecule has 13 heavy (non-hydrogen) atoms. The zero-order valence-corrected chi connectivity index (χ0v) is 11.3. The van der Waals surface area contributed by atoms with Crippen LogP contribution in [0.2, 0.25) is 0 Å². The van der Waals surface area contributed by atoms with Crippen LogP contribution < -0.4 is 0 Å². The van der Waals surface area contributed by atoms with E-state index in [9.17, 15) is 0 Å². The number of hydrogen-bond acceptors (Lipinski definition) is 1. The monoisotopic (exact) mass is 199 g/mol. The Labute approximate surface area is 86.1 Å². The molecule has 0 aliphatic heterocycles. The lowest BCUT2D eigenvalue weighted by Crippen LogP contribution is -2.33. The molecule has 0 fully saturated rings. The molecule has 2 heteroatoms. The summed E-state index contributed by atoms with van der Waals surface area (Å²) in [6.45, 7) is 12.6. The van der Waals surface area contributed by atoms with Crippen molar-refractivity contribution in [3.8, 4) is 0 Å². The highest BCUT2D eigenvalue weighted by atomic mass is 28.2. The topological polar surface area (TPSA) is 3.24 Å². The van der Waals surface area contributed by atoms with Crippen molar-refractivity contribution in [2.75, 3.05) is 6.54 Å². The van der Waals surface area contributed by atoms with E-state index in [4.69, 9.17) is 0 Å². The maximum Gasteiger partial charge on any atom is 0.119 e. The van der Waals surface area contributed by atoms with E-state index in [1.165, 1.54) is 19.4 Å². The molecule has 0 unspecified atom stereocenters. The van der Waals surface area contributed by atoms with Crippen molar-refractivity contribution in [2.45, 2.75) is 53.5 Å². The SMILES string of the molecule is CCC(=C[SiH2]N(CC)C(C)C)CC. The fourth-order valence-electron chi connectivity index (χ4n) is 1.49. The molecule has 0 aliphatic rings. The van der Waals surface area contributed by atoms with Gasteiger partial charge in [-0.1, -0.05) is 45.9 Å². The van der Waals surface area contributed by atoms with Gasteiger partial charge in [0.1, 0.15) is 9.68 Å². The molecule has 0 radical (unpaired) electrons. The van der Waals surface area contributed by atoms with Crippen LogP contribution in [0, 0.1) is 0 Å². The van der Waals surface area contributed by atoms with Gasteiger partial charge in [-0.05, 0) is 25.4 Å². The summed E-state index contributed by atoms with van der Waals surface area (Å²) >= 11 is 0. The zero-order chi connectivity index (χ0) is 10.3. The largest absolute Gasteiger partial charge is 0.323 e. The summed E-state index contributed by atoms with van der Waals surface area (Å²) in [5, 5.41) is 0. The minimum atomic E-state index is -0.120. The predicted molar refractivity (Wildman–Crippen MR) is 64.7 cm³/mol. The van der Waals surface area contributed by atoms with E-state index in [-0.39, 0.29) is 9.68 Å². The van der Waals surface area contributed by atoms with Crippen LogP contribution in [0.4, 0.5) is 0 Å². The molecule has 0 saturated carbocycles. The van der Waals surface area contributed by atoms with E-state index >= 15 is 0 Å². The Morgan fingerprint density at radius 1 is 1.23 bits per heavy atom. The van der Waals surface area contributed by atoms with Crippen LogP contribution in [0.3, 0.4) is 0 Å². The molecule has 0 rings (SSSR count). The van der Waals surface area contributed by atoms with Crippen molar-refractivity contribution in [2.24, 2.45) is 0 Å². The number of nitrogens with zero attached hydrogens (tertiary/aromatic N) is 1. The maximum absolute atomic E-state index is 2.62. The molecule has 0 aliphatic carbocycles. The average Bonchev–Trinajstić information content (AvgIpc) is 2.12. The third-order valence-corrected chi connectivity index (χ3v) is 5.07. The summed E-state index contributed by atoms with van der Waals surface area (Å²) in [7, 11) is -0.120. The normalized spacial score (nSPS) is 11.9. The van der Waals surface area contributed by atoms with E-state index in [0.29, 0.717) is 0 Å². The summed E-state index contributed by atoms with van der Waals surface area (Å²) in [4.78, 5) is 0. The summed E-state index contributed by atoms with van der Waals surface area (Å²) in [6.07, 6.45) is 2.47. The molecule has 0 saturated heterocycles. The standard InChI is InChI=1S/C11H25NSi/c1-6-11(7-2)9-13-12(8-3)10(4)5/h9-10H,6-8,13H2,1-5H3. The Kier molecular flexibility index (Phi) is 7.29. The molecule has 0 spiro atoms. The van der Waals surface area contributed by atoms with E-state index in [1.54, 1.807) is 5.57 Å². The molecule has 0 aromatic heterocycles. The molecule has 1 nitrogen and oxygen atoms in total. The molecule has 0 N–H and O–H groups in total. The van der Waals surface area contributed by atoms with Gasteiger partial charge >= 0.3 is 0 Å². The van der Waals surface area contributed by atoms with Gasteiger partial charge < -0.3 is 4.57 Å². The molecule has 0 aromatic rings. The zero-order valence-electron chi connectivity index (χ0n) is 9.93. The molecule has 0 heterocycles. The Bertz CT molecular complexity index is 146. The van der Waals surface area contributed by atoms with Crippen LogP contribution in [0.25, 0.3) is 0 Å². The van der Waals surface area contributed by atoms with Crippen molar-refractivity contribution < 1.29 is 0 Å². The van der Waals surface area contributed by atoms with Gasteiger partial charge in [0.05, 0.1) is 0 Å². The van der Waals surface area contributed by atoms with E-state index in [1.807, 2.05) is 0 Å². The average molecular weight is 199 g/mol. The van der Waals surface area contributed by atoms with Crippen LogP contribution in [0.1, 0.15) is 47.5 Å². The van der Waals surface area contributed by atoms with Crippen LogP contribution in [0.5, 0.6) is 0 Å². The van der Waals surface area contributed by atoms with Crippen LogP contribution >= 0.6 is 0 Å². The van der Waals surface area contributed by atoms with Crippen LogP contribution in [0.15, 0.2) is 11.3 Å². The van der Waals surface area contributed by atoms with Crippen molar-refractivity contribution in [3.05, 3.63) is 11.3 Å². The Morgan fingerprint density at radius 2 is 1.77 bits per heavy atom. The second-order valence-corrected chi connectivity index (χ2v) is 5.34. The molecular formula is C11H25NSi. The van der Waals surface area contributed by atoms with Crippen molar-refractivity contribution in [1.82, 2.24) is 4.57 Å². The van der Waals surface area contributed by atoms with Gasteiger partial charge in [-0.3, -0.25) is 0 Å². The molecule has 0 bridgehead atoms. The molecule has 0 atom stereocenters. The Hall–Kier alpha value is -0.0831. The van der Waals surface area contributed by atoms with Gasteiger partial charge in [0.2, 0.25) is 0 Å². The van der Waals surface area contributed by atoms with Crippen LogP contribution in [-0.4, -0.2) is 26.8 Å². The van der Waals surface area contributed by atoms with Gasteiger partial charge in [-0.2, -0.15) is 0 Å². The highest BCUT2D eigenvalue weighted by molar-refractivity contribution is 6.39. The fraction of sp³-hybridized carbons (Fsp3) is 0.818. The lowest BCUT2D eigenvalue weighted by atomic mass is 10.2. The summed E-state index contributed by atoms with van der Waals surface area (Å²) in [5.74, 6) is 0. The minimum absolute atomic E-state index is 0.120. The second kappa shape index (κ2) is 7.33. The lowest BCUT2D eigenvalue weighted by molar-refractivity contribution is 0.393. The van der Waals surface area contributed by atoms with E-state index in [2.05, 4.69) is 44.9 Å².